The number of amides is 1. The van der Waals surface area contributed by atoms with Gasteiger partial charge in [-0.05, 0) is 17.7 Å². The van der Waals surface area contributed by atoms with E-state index in [1.54, 1.807) is 12.1 Å². The molecule has 1 amide bonds. The summed E-state index contributed by atoms with van der Waals surface area (Å²) in [5, 5.41) is 11.9. The van der Waals surface area contributed by atoms with E-state index >= 15 is 0 Å². The van der Waals surface area contributed by atoms with Crippen LogP contribution in [0.4, 0.5) is 9.52 Å². The SMILES string of the molecule is CC(C)c1nnc(NC(=O)Cc2cccc(F)c2)s1. The molecule has 0 saturated heterocycles. The molecule has 0 unspecified atom stereocenters. The molecule has 0 atom stereocenters. The molecule has 0 aliphatic carbocycles. The summed E-state index contributed by atoms with van der Waals surface area (Å²) in [5.74, 6) is -0.285. The molecule has 0 aliphatic heterocycles. The first kappa shape index (κ1) is 13.6. The standard InChI is InChI=1S/C13H14FN3OS/c1-8(2)12-16-17-13(19-12)15-11(18)7-9-4-3-5-10(14)6-9/h3-6,8H,7H2,1-2H3,(H,15,17,18). The van der Waals surface area contributed by atoms with Gasteiger partial charge in [-0.25, -0.2) is 4.39 Å². The Labute approximate surface area is 114 Å². The molecule has 0 bridgehead atoms. The lowest BCUT2D eigenvalue weighted by Crippen LogP contribution is -2.14. The molecule has 19 heavy (non-hydrogen) atoms. The van der Waals surface area contributed by atoms with Gasteiger partial charge in [-0.1, -0.05) is 37.3 Å². The van der Waals surface area contributed by atoms with Gasteiger partial charge in [0.2, 0.25) is 11.0 Å². The molecule has 0 fully saturated rings. The molecule has 1 N–H and O–H groups in total. The topological polar surface area (TPSA) is 54.9 Å². The van der Waals surface area contributed by atoms with Crippen LogP contribution in [0, 0.1) is 5.82 Å². The van der Waals surface area contributed by atoms with Gasteiger partial charge in [-0.3, -0.25) is 4.79 Å². The van der Waals surface area contributed by atoms with Crippen molar-refractivity contribution in [2.75, 3.05) is 5.32 Å². The zero-order valence-corrected chi connectivity index (χ0v) is 11.5. The lowest BCUT2D eigenvalue weighted by Gasteiger charge is -2.01. The molecule has 0 radical (unpaired) electrons. The lowest BCUT2D eigenvalue weighted by atomic mass is 10.1. The number of nitrogens with one attached hydrogen (secondary N) is 1. The quantitative estimate of drug-likeness (QED) is 0.936. The van der Waals surface area contributed by atoms with E-state index in [9.17, 15) is 9.18 Å². The monoisotopic (exact) mass is 279 g/mol. The van der Waals surface area contributed by atoms with E-state index < -0.39 is 0 Å². The largest absolute Gasteiger partial charge is 0.300 e. The van der Waals surface area contributed by atoms with Gasteiger partial charge >= 0.3 is 0 Å². The number of hydrogen-bond acceptors (Lipinski definition) is 4. The van der Waals surface area contributed by atoms with Crippen LogP contribution in [-0.4, -0.2) is 16.1 Å². The van der Waals surface area contributed by atoms with Crippen LogP contribution in [0.2, 0.25) is 0 Å². The molecular formula is C13H14FN3OS. The molecule has 0 spiro atoms. The number of nitrogens with zero attached hydrogens (tertiary/aromatic N) is 2. The van der Waals surface area contributed by atoms with Gasteiger partial charge in [0.1, 0.15) is 10.8 Å². The highest BCUT2D eigenvalue weighted by atomic mass is 32.1. The Morgan fingerprint density at radius 2 is 2.21 bits per heavy atom. The van der Waals surface area contributed by atoms with E-state index in [-0.39, 0.29) is 24.1 Å². The van der Waals surface area contributed by atoms with E-state index in [1.807, 2.05) is 13.8 Å². The van der Waals surface area contributed by atoms with E-state index in [4.69, 9.17) is 0 Å². The molecular weight excluding hydrogens is 265 g/mol. The minimum Gasteiger partial charge on any atom is -0.300 e. The molecule has 1 aromatic carbocycles. The van der Waals surface area contributed by atoms with Crippen molar-refractivity contribution >= 4 is 22.4 Å². The van der Waals surface area contributed by atoms with Crippen molar-refractivity contribution in [2.45, 2.75) is 26.2 Å². The van der Waals surface area contributed by atoms with Crippen molar-refractivity contribution in [3.8, 4) is 0 Å². The number of carbonyl (C=O) groups is 1. The van der Waals surface area contributed by atoms with Crippen LogP contribution in [0.1, 0.15) is 30.3 Å². The van der Waals surface area contributed by atoms with Crippen LogP contribution >= 0.6 is 11.3 Å². The molecule has 2 rings (SSSR count). The fourth-order valence-electron chi connectivity index (χ4n) is 1.51. The predicted molar refractivity (Wildman–Crippen MR) is 72.7 cm³/mol. The van der Waals surface area contributed by atoms with Crippen LogP contribution in [0.15, 0.2) is 24.3 Å². The Hall–Kier alpha value is -1.82. The molecule has 4 nitrogen and oxygen atoms in total. The first-order valence-corrected chi connectivity index (χ1v) is 6.74. The fraction of sp³-hybridized carbons (Fsp3) is 0.308. The Morgan fingerprint density at radius 3 is 2.84 bits per heavy atom. The van der Waals surface area contributed by atoms with E-state index in [0.717, 1.165) is 5.01 Å². The van der Waals surface area contributed by atoms with Gasteiger partial charge in [0.15, 0.2) is 0 Å². The summed E-state index contributed by atoms with van der Waals surface area (Å²) in [6, 6.07) is 5.99. The second-order valence-electron chi connectivity index (χ2n) is 4.46. The van der Waals surface area contributed by atoms with Gasteiger partial charge < -0.3 is 5.32 Å². The van der Waals surface area contributed by atoms with Gasteiger partial charge in [-0.15, -0.1) is 10.2 Å². The number of hydrogen-bond donors (Lipinski definition) is 1. The van der Waals surface area contributed by atoms with Crippen molar-refractivity contribution in [3.63, 3.8) is 0 Å². The maximum atomic E-state index is 13.0. The maximum absolute atomic E-state index is 13.0. The van der Waals surface area contributed by atoms with Gasteiger partial charge in [0, 0.05) is 5.92 Å². The summed E-state index contributed by atoms with van der Waals surface area (Å²) >= 11 is 1.35. The van der Waals surface area contributed by atoms with E-state index in [1.165, 1.54) is 23.5 Å². The highest BCUT2D eigenvalue weighted by Crippen LogP contribution is 2.22. The first-order valence-electron chi connectivity index (χ1n) is 5.92. The summed E-state index contributed by atoms with van der Waals surface area (Å²) in [5.41, 5.74) is 0.631. The number of halogens is 1. The molecule has 2 aromatic rings. The molecule has 1 aromatic heterocycles. The average molecular weight is 279 g/mol. The van der Waals surface area contributed by atoms with Crippen LogP contribution in [0.25, 0.3) is 0 Å². The average Bonchev–Trinajstić information content (AvgIpc) is 2.77. The summed E-state index contributed by atoms with van der Waals surface area (Å²) in [7, 11) is 0. The minimum absolute atomic E-state index is 0.119. The Bertz CT molecular complexity index is 583. The number of aromatic nitrogens is 2. The van der Waals surface area contributed by atoms with Gasteiger partial charge in [-0.2, -0.15) is 0 Å². The zero-order chi connectivity index (χ0) is 13.8. The summed E-state index contributed by atoms with van der Waals surface area (Å²) in [6.45, 7) is 4.03. The second kappa shape index (κ2) is 5.88. The van der Waals surface area contributed by atoms with Crippen molar-refractivity contribution in [1.29, 1.82) is 0 Å². The van der Waals surface area contributed by atoms with Crippen molar-refractivity contribution in [3.05, 3.63) is 40.7 Å². The van der Waals surface area contributed by atoms with Gasteiger partial charge in [0.25, 0.3) is 0 Å². The number of rotatable bonds is 4. The third kappa shape index (κ3) is 3.82. The Morgan fingerprint density at radius 1 is 1.42 bits per heavy atom. The fourth-order valence-corrected chi connectivity index (χ4v) is 2.28. The minimum atomic E-state index is -0.344. The highest BCUT2D eigenvalue weighted by Gasteiger charge is 2.11. The van der Waals surface area contributed by atoms with Crippen molar-refractivity contribution in [1.82, 2.24) is 10.2 Å². The third-order valence-corrected chi connectivity index (χ3v) is 3.57. The third-order valence-electron chi connectivity index (χ3n) is 2.43. The summed E-state index contributed by atoms with van der Waals surface area (Å²) in [4.78, 5) is 11.8. The zero-order valence-electron chi connectivity index (χ0n) is 10.7. The molecule has 0 aliphatic rings. The van der Waals surface area contributed by atoms with Crippen LogP contribution in [0.5, 0.6) is 0 Å². The number of benzene rings is 1. The number of anilines is 1. The first-order chi connectivity index (χ1) is 9.04. The molecule has 1 heterocycles. The summed E-state index contributed by atoms with van der Waals surface area (Å²) in [6.07, 6.45) is 0.119. The number of carbonyl (C=O) groups excluding carboxylic acids is 1. The molecule has 100 valence electrons. The Balaban J connectivity index is 1.97. The lowest BCUT2D eigenvalue weighted by molar-refractivity contribution is -0.115. The van der Waals surface area contributed by atoms with E-state index in [0.29, 0.717) is 10.7 Å². The normalized spacial score (nSPS) is 10.7. The Kier molecular flexibility index (Phi) is 4.21. The van der Waals surface area contributed by atoms with E-state index in [2.05, 4.69) is 15.5 Å². The predicted octanol–water partition coefficient (Wildman–Crippen LogP) is 2.98. The van der Waals surface area contributed by atoms with Crippen LogP contribution in [-0.2, 0) is 11.2 Å². The molecule has 0 saturated carbocycles. The van der Waals surface area contributed by atoms with Crippen molar-refractivity contribution in [2.24, 2.45) is 0 Å². The smallest absolute Gasteiger partial charge is 0.230 e. The maximum Gasteiger partial charge on any atom is 0.230 e. The summed E-state index contributed by atoms with van der Waals surface area (Å²) < 4.78 is 13.0. The highest BCUT2D eigenvalue weighted by molar-refractivity contribution is 7.15. The van der Waals surface area contributed by atoms with Crippen LogP contribution in [0.3, 0.4) is 0 Å². The molecule has 6 heteroatoms. The van der Waals surface area contributed by atoms with Crippen LogP contribution < -0.4 is 5.32 Å². The van der Waals surface area contributed by atoms with Crippen molar-refractivity contribution < 1.29 is 9.18 Å². The second-order valence-corrected chi connectivity index (χ2v) is 5.46. The van der Waals surface area contributed by atoms with Gasteiger partial charge in [0.05, 0.1) is 6.42 Å².